The molecule has 0 aliphatic carbocycles. The summed E-state index contributed by atoms with van der Waals surface area (Å²) >= 11 is 3.48. The summed E-state index contributed by atoms with van der Waals surface area (Å²) in [4.78, 5) is 29.0. The quantitative estimate of drug-likeness (QED) is 0.244. The minimum absolute atomic E-state index is 0.0314. The molecule has 10 heteroatoms. The molecule has 7 nitrogen and oxygen atoms in total. The van der Waals surface area contributed by atoms with Gasteiger partial charge in [-0.1, -0.05) is 77.5 Å². The number of rotatable bonds is 14. The first kappa shape index (κ1) is 32.3. The fourth-order valence-corrected chi connectivity index (χ4v) is 5.88. The summed E-state index contributed by atoms with van der Waals surface area (Å²) in [5, 5.41) is 3.03. The van der Waals surface area contributed by atoms with Crippen molar-refractivity contribution in [2.24, 2.45) is 0 Å². The molecule has 0 spiro atoms. The molecule has 0 bridgehead atoms. The summed E-state index contributed by atoms with van der Waals surface area (Å²) in [5.74, 6) is -1.21. The van der Waals surface area contributed by atoms with Crippen LogP contribution in [0.1, 0.15) is 44.2 Å². The van der Waals surface area contributed by atoms with Crippen LogP contribution in [-0.2, 0) is 32.6 Å². The number of amides is 2. The zero-order chi connectivity index (χ0) is 30.0. The smallest absolute Gasteiger partial charge is 0.243 e. The number of carbonyl (C=O) groups excluding carboxylic acids is 2. The van der Waals surface area contributed by atoms with Crippen molar-refractivity contribution in [2.45, 2.75) is 58.2 Å². The molecule has 2 atom stereocenters. The van der Waals surface area contributed by atoms with Crippen LogP contribution in [0.4, 0.5) is 10.1 Å². The topological polar surface area (TPSA) is 86.8 Å². The highest BCUT2D eigenvalue weighted by atomic mass is 79.9. The highest BCUT2D eigenvalue weighted by molar-refractivity contribution is 9.10. The molecule has 0 unspecified atom stereocenters. The Morgan fingerprint density at radius 1 is 0.976 bits per heavy atom. The first-order valence-corrected chi connectivity index (χ1v) is 16.2. The summed E-state index contributed by atoms with van der Waals surface area (Å²) in [7, 11) is -3.80. The van der Waals surface area contributed by atoms with Crippen molar-refractivity contribution >= 4 is 43.5 Å². The van der Waals surface area contributed by atoms with Gasteiger partial charge in [0.25, 0.3) is 0 Å². The Bertz CT molecular complexity index is 1420. The van der Waals surface area contributed by atoms with Crippen LogP contribution < -0.4 is 9.62 Å². The van der Waals surface area contributed by atoms with Crippen molar-refractivity contribution in [3.8, 4) is 0 Å². The minimum atomic E-state index is -3.80. The van der Waals surface area contributed by atoms with Crippen molar-refractivity contribution in [2.75, 3.05) is 17.1 Å². The number of halogens is 2. The van der Waals surface area contributed by atoms with E-state index in [1.165, 1.54) is 18.2 Å². The van der Waals surface area contributed by atoms with Crippen LogP contribution in [0.5, 0.6) is 0 Å². The number of para-hydroxylation sites is 1. The maximum Gasteiger partial charge on any atom is 0.243 e. The highest BCUT2D eigenvalue weighted by Gasteiger charge is 2.31. The van der Waals surface area contributed by atoms with E-state index in [9.17, 15) is 22.4 Å². The molecule has 0 aliphatic heterocycles. The van der Waals surface area contributed by atoms with Gasteiger partial charge >= 0.3 is 0 Å². The van der Waals surface area contributed by atoms with E-state index < -0.39 is 21.9 Å². The molecular weight excluding hydrogens is 609 g/mol. The van der Waals surface area contributed by atoms with Crippen LogP contribution in [0.25, 0.3) is 0 Å². The number of hydrogen-bond acceptors (Lipinski definition) is 4. The predicted molar refractivity (Wildman–Crippen MR) is 164 cm³/mol. The summed E-state index contributed by atoms with van der Waals surface area (Å²) in [6.07, 6.45) is 2.17. The predicted octanol–water partition coefficient (Wildman–Crippen LogP) is 5.69. The number of benzene rings is 3. The average molecular weight is 647 g/mol. The van der Waals surface area contributed by atoms with Crippen LogP contribution in [0.2, 0.25) is 0 Å². The summed E-state index contributed by atoms with van der Waals surface area (Å²) in [5.41, 5.74) is 1.68. The van der Waals surface area contributed by atoms with Gasteiger partial charge in [-0.2, -0.15) is 0 Å². The van der Waals surface area contributed by atoms with Gasteiger partial charge in [-0.3, -0.25) is 13.9 Å². The van der Waals surface area contributed by atoms with E-state index in [0.29, 0.717) is 6.42 Å². The number of hydrogen-bond donors (Lipinski definition) is 1. The van der Waals surface area contributed by atoms with E-state index in [1.807, 2.05) is 68.4 Å². The van der Waals surface area contributed by atoms with Crippen LogP contribution >= 0.6 is 15.9 Å². The molecule has 3 aromatic rings. The Labute approximate surface area is 250 Å². The first-order chi connectivity index (χ1) is 19.5. The second-order valence-electron chi connectivity index (χ2n) is 10.1. The largest absolute Gasteiger partial charge is 0.352 e. The van der Waals surface area contributed by atoms with E-state index in [2.05, 4.69) is 21.2 Å². The van der Waals surface area contributed by atoms with E-state index in [1.54, 1.807) is 11.0 Å². The number of sulfonamides is 1. The summed E-state index contributed by atoms with van der Waals surface area (Å²) in [6, 6.07) is 21.8. The Kier molecular flexibility index (Phi) is 11.9. The van der Waals surface area contributed by atoms with Crippen LogP contribution in [0, 0.1) is 5.82 Å². The normalized spacial score (nSPS) is 12.8. The average Bonchev–Trinajstić information content (AvgIpc) is 2.93. The van der Waals surface area contributed by atoms with Crippen LogP contribution in [0.15, 0.2) is 83.3 Å². The standard InChI is InChI=1S/C31H37BrFN3O4S/c1-4-23(2)34-31(38)29(21-24-12-6-5-7-13-24)35(22-25-14-10-15-26(32)20-25)30(37)18-11-19-36(41(3,39)40)28-17-9-8-16-27(28)33/h5-10,12-17,20,23,29H,4,11,18-19,21-22H2,1-3H3,(H,34,38)/t23-,29-/m0/s1. The third-order valence-corrected chi connectivity index (χ3v) is 8.46. The Morgan fingerprint density at radius 2 is 1.63 bits per heavy atom. The van der Waals surface area contributed by atoms with E-state index in [4.69, 9.17) is 0 Å². The molecule has 0 saturated heterocycles. The monoisotopic (exact) mass is 645 g/mol. The van der Waals surface area contributed by atoms with Crippen LogP contribution in [-0.4, -0.2) is 50.0 Å². The summed E-state index contributed by atoms with van der Waals surface area (Å²) in [6.45, 7) is 4.00. The zero-order valence-corrected chi connectivity index (χ0v) is 26.0. The van der Waals surface area contributed by atoms with Gasteiger partial charge in [-0.15, -0.1) is 0 Å². The van der Waals surface area contributed by atoms with Crippen LogP contribution in [0.3, 0.4) is 0 Å². The molecule has 0 saturated carbocycles. The highest BCUT2D eigenvalue weighted by Crippen LogP contribution is 2.23. The van der Waals surface area contributed by atoms with E-state index in [-0.39, 0.29) is 49.5 Å². The second kappa shape index (κ2) is 15.1. The van der Waals surface area contributed by atoms with Gasteiger partial charge in [0.05, 0.1) is 11.9 Å². The maximum atomic E-state index is 14.5. The lowest BCUT2D eigenvalue weighted by Gasteiger charge is -2.32. The maximum absolute atomic E-state index is 14.5. The number of carbonyl (C=O) groups is 2. The van der Waals surface area contributed by atoms with Gasteiger partial charge in [0, 0.05) is 36.4 Å². The molecule has 0 aliphatic rings. The molecule has 220 valence electrons. The van der Waals surface area contributed by atoms with Crippen molar-refractivity contribution in [3.63, 3.8) is 0 Å². The molecule has 0 aromatic heterocycles. The second-order valence-corrected chi connectivity index (χ2v) is 12.9. The Hall–Kier alpha value is -3.24. The molecule has 1 N–H and O–H groups in total. The molecule has 2 amide bonds. The van der Waals surface area contributed by atoms with Crippen molar-refractivity contribution < 1.29 is 22.4 Å². The molecule has 0 radical (unpaired) electrons. The number of nitrogens with one attached hydrogen (secondary N) is 1. The third-order valence-electron chi connectivity index (χ3n) is 6.79. The molecule has 0 heterocycles. The zero-order valence-electron chi connectivity index (χ0n) is 23.6. The van der Waals surface area contributed by atoms with Gasteiger partial charge in [0.15, 0.2) is 0 Å². The van der Waals surface area contributed by atoms with Gasteiger partial charge in [-0.05, 0) is 55.2 Å². The van der Waals surface area contributed by atoms with Crippen molar-refractivity contribution in [1.82, 2.24) is 10.2 Å². The lowest BCUT2D eigenvalue weighted by molar-refractivity contribution is -0.141. The third kappa shape index (κ3) is 9.67. The SMILES string of the molecule is CC[C@H](C)NC(=O)[C@H](Cc1ccccc1)N(Cc1cccc(Br)c1)C(=O)CCCN(c1ccccc1F)S(C)(=O)=O. The number of nitrogens with zero attached hydrogens (tertiary/aromatic N) is 2. The van der Waals surface area contributed by atoms with E-state index in [0.717, 1.165) is 32.6 Å². The minimum Gasteiger partial charge on any atom is -0.352 e. The van der Waals surface area contributed by atoms with E-state index >= 15 is 0 Å². The lowest BCUT2D eigenvalue weighted by Crippen LogP contribution is -2.52. The summed E-state index contributed by atoms with van der Waals surface area (Å²) < 4.78 is 41.3. The van der Waals surface area contributed by atoms with Crippen molar-refractivity contribution in [3.05, 3.63) is 100 Å². The number of anilines is 1. The van der Waals surface area contributed by atoms with Gasteiger partial charge < -0.3 is 10.2 Å². The fraction of sp³-hybridized carbons (Fsp3) is 0.355. The molecule has 3 aromatic carbocycles. The Balaban J connectivity index is 1.90. The van der Waals surface area contributed by atoms with Gasteiger partial charge in [0.1, 0.15) is 11.9 Å². The fourth-order valence-electron chi connectivity index (χ4n) is 4.46. The molecule has 3 rings (SSSR count). The van der Waals surface area contributed by atoms with Crippen molar-refractivity contribution in [1.29, 1.82) is 0 Å². The van der Waals surface area contributed by atoms with Gasteiger partial charge in [-0.25, -0.2) is 12.8 Å². The lowest BCUT2D eigenvalue weighted by atomic mass is 10.0. The molecular formula is C31H37BrFN3O4S. The Morgan fingerprint density at radius 3 is 2.27 bits per heavy atom. The molecule has 41 heavy (non-hydrogen) atoms. The van der Waals surface area contributed by atoms with Gasteiger partial charge in [0.2, 0.25) is 21.8 Å². The first-order valence-electron chi connectivity index (χ1n) is 13.6. The molecule has 0 fully saturated rings.